The Morgan fingerprint density at radius 2 is 1.38 bits per heavy atom. The second kappa shape index (κ2) is 7.92. The lowest BCUT2D eigenvalue weighted by Gasteiger charge is -2.52. The zero-order valence-corrected chi connectivity index (χ0v) is 21.1. The number of carbonyl (C=O) groups is 2. The minimum Gasteiger partial charge on any atom is -0.478 e. The number of carboxylic acids is 1. The molecule has 3 aliphatic rings. The Morgan fingerprint density at radius 3 is 2.00 bits per heavy atom. The van der Waals surface area contributed by atoms with Crippen LogP contribution in [0.2, 0.25) is 0 Å². The van der Waals surface area contributed by atoms with E-state index in [2.05, 4.69) is 37.3 Å². The van der Waals surface area contributed by atoms with Gasteiger partial charge in [0.15, 0.2) is 0 Å². The molecule has 1 N–H and O–H groups in total. The van der Waals surface area contributed by atoms with Crippen LogP contribution in [0.4, 0.5) is 0 Å². The van der Waals surface area contributed by atoms with Crippen molar-refractivity contribution >= 4 is 55.0 Å². The Labute approximate surface area is 215 Å². The van der Waals surface area contributed by atoms with E-state index in [-0.39, 0.29) is 11.1 Å². The molecule has 186 valence electrons. The largest absolute Gasteiger partial charge is 0.478 e. The van der Waals surface area contributed by atoms with Gasteiger partial charge in [-0.3, -0.25) is 0 Å². The number of aromatic carboxylic acids is 1. The maximum absolute atomic E-state index is 14.1. The van der Waals surface area contributed by atoms with Gasteiger partial charge in [-0.15, -0.1) is 0 Å². The van der Waals surface area contributed by atoms with Crippen LogP contribution in [0.15, 0.2) is 60.7 Å². The van der Waals surface area contributed by atoms with Gasteiger partial charge in [-0.05, 0) is 94.1 Å². The van der Waals surface area contributed by atoms with E-state index < -0.39 is 17.5 Å². The van der Waals surface area contributed by atoms with Crippen molar-refractivity contribution in [2.24, 2.45) is 5.41 Å². The molecule has 8 rings (SSSR count). The Bertz CT molecular complexity index is 1700. The van der Waals surface area contributed by atoms with Gasteiger partial charge >= 0.3 is 11.9 Å². The van der Waals surface area contributed by atoms with Crippen LogP contribution < -0.4 is 0 Å². The van der Waals surface area contributed by atoms with Crippen LogP contribution in [0.3, 0.4) is 0 Å². The molecule has 0 amide bonds. The molecule has 0 atom stereocenters. The number of hydrogen-bond acceptors (Lipinski definition) is 3. The van der Waals surface area contributed by atoms with Crippen LogP contribution in [-0.4, -0.2) is 22.6 Å². The second-order valence-corrected chi connectivity index (χ2v) is 11.4. The normalized spacial score (nSPS) is 23.4. The zero-order valence-electron chi connectivity index (χ0n) is 21.1. The summed E-state index contributed by atoms with van der Waals surface area (Å²) in [5.74, 6) is -1.60. The van der Waals surface area contributed by atoms with E-state index in [0.29, 0.717) is 10.8 Å². The quantitative estimate of drug-likeness (QED) is 0.152. The summed E-state index contributed by atoms with van der Waals surface area (Å²) in [4.78, 5) is 26.7. The van der Waals surface area contributed by atoms with E-state index in [4.69, 9.17) is 4.74 Å². The molecule has 5 aromatic carbocycles. The SMILES string of the molecule is CCCC12CCC(OC(=O)c3c(C(=O)O)cc4cccc5c6cccc7cccc(c3c45)c76)(CC1)CC2. The van der Waals surface area contributed by atoms with Crippen molar-refractivity contribution in [3.8, 4) is 0 Å². The van der Waals surface area contributed by atoms with Gasteiger partial charge in [0.2, 0.25) is 0 Å². The van der Waals surface area contributed by atoms with Crippen LogP contribution in [0.5, 0.6) is 0 Å². The minimum atomic E-state index is -1.10. The average Bonchev–Trinajstić information content (AvgIpc) is 2.92. The standard InChI is InChI=1S/C33H30O4/c1-2-12-32-13-16-33(17-14-32,18-15-32)37-31(36)29-25(30(34)35)19-21-8-5-10-23-22-9-3-6-20-7-4-11-24(26(20)22)28(29)27(21)23/h3-11,19H,2,12-18H2,1H3,(H,34,35). The minimum absolute atomic E-state index is 0.0179. The maximum atomic E-state index is 14.1. The van der Waals surface area contributed by atoms with E-state index in [1.54, 1.807) is 6.07 Å². The lowest BCUT2D eigenvalue weighted by molar-refractivity contribution is -0.106. The van der Waals surface area contributed by atoms with Gasteiger partial charge in [0.05, 0.1) is 11.1 Å². The number of esters is 1. The molecule has 0 saturated heterocycles. The fraction of sp³-hybridized carbons (Fsp3) is 0.333. The highest BCUT2D eigenvalue weighted by molar-refractivity contribution is 6.36. The number of carbonyl (C=O) groups excluding carboxylic acids is 1. The molecule has 0 radical (unpaired) electrons. The lowest BCUT2D eigenvalue weighted by Crippen LogP contribution is -2.48. The molecule has 4 nitrogen and oxygen atoms in total. The van der Waals surface area contributed by atoms with Crippen molar-refractivity contribution in [2.45, 2.75) is 63.9 Å². The van der Waals surface area contributed by atoms with Crippen molar-refractivity contribution in [3.63, 3.8) is 0 Å². The fourth-order valence-corrected chi connectivity index (χ4v) is 7.64. The Hall–Kier alpha value is -3.66. The molecule has 5 aromatic rings. The molecule has 0 spiro atoms. The number of hydrogen-bond donors (Lipinski definition) is 1. The predicted molar refractivity (Wildman–Crippen MR) is 148 cm³/mol. The molecule has 3 aliphatic carbocycles. The zero-order chi connectivity index (χ0) is 25.4. The number of benzene rings is 5. The summed E-state index contributed by atoms with van der Waals surface area (Å²) in [6, 6.07) is 19.9. The van der Waals surface area contributed by atoms with Gasteiger partial charge in [0.25, 0.3) is 0 Å². The van der Waals surface area contributed by atoms with E-state index in [0.717, 1.165) is 76.2 Å². The molecule has 3 fully saturated rings. The topological polar surface area (TPSA) is 63.6 Å². The third-order valence-electron chi connectivity index (χ3n) is 9.49. The predicted octanol–water partition coefficient (Wildman–Crippen LogP) is 8.49. The highest BCUT2D eigenvalue weighted by atomic mass is 16.6. The van der Waals surface area contributed by atoms with Crippen LogP contribution in [-0.2, 0) is 4.74 Å². The number of fused-ring (bicyclic) bond motifs is 5. The van der Waals surface area contributed by atoms with Crippen molar-refractivity contribution in [3.05, 3.63) is 71.8 Å². The van der Waals surface area contributed by atoms with Crippen LogP contribution in [0, 0.1) is 5.41 Å². The summed E-state index contributed by atoms with van der Waals surface area (Å²) in [5, 5.41) is 17.9. The summed E-state index contributed by atoms with van der Waals surface area (Å²) in [6.45, 7) is 2.25. The fourth-order valence-electron chi connectivity index (χ4n) is 7.64. The summed E-state index contributed by atoms with van der Waals surface area (Å²) in [7, 11) is 0. The van der Waals surface area contributed by atoms with E-state index in [1.807, 2.05) is 24.3 Å². The highest BCUT2D eigenvalue weighted by Gasteiger charge is 2.50. The smallest absolute Gasteiger partial charge is 0.340 e. The van der Waals surface area contributed by atoms with Gasteiger partial charge in [0.1, 0.15) is 5.60 Å². The number of rotatable bonds is 5. The molecular weight excluding hydrogens is 460 g/mol. The molecule has 0 unspecified atom stereocenters. The summed E-state index contributed by atoms with van der Waals surface area (Å²) in [5.41, 5.74) is 0.129. The second-order valence-electron chi connectivity index (χ2n) is 11.4. The van der Waals surface area contributed by atoms with Crippen molar-refractivity contribution < 1.29 is 19.4 Å². The molecule has 2 bridgehead atoms. The van der Waals surface area contributed by atoms with Crippen molar-refractivity contribution in [2.75, 3.05) is 0 Å². The Balaban J connectivity index is 1.47. The highest BCUT2D eigenvalue weighted by Crippen LogP contribution is 2.56. The number of carboxylic acid groups (broad SMARTS) is 1. The molecule has 0 aromatic heterocycles. The van der Waals surface area contributed by atoms with Crippen molar-refractivity contribution in [1.82, 2.24) is 0 Å². The van der Waals surface area contributed by atoms with Crippen LogP contribution in [0.25, 0.3) is 43.1 Å². The first-order chi connectivity index (χ1) is 17.9. The third kappa shape index (κ3) is 3.21. The van der Waals surface area contributed by atoms with Gasteiger partial charge in [-0.25, -0.2) is 9.59 Å². The summed E-state index contributed by atoms with van der Waals surface area (Å²) in [6.07, 6.45) is 8.28. The van der Waals surface area contributed by atoms with E-state index >= 15 is 0 Å². The molecule has 3 saturated carbocycles. The third-order valence-corrected chi connectivity index (χ3v) is 9.49. The lowest BCUT2D eigenvalue weighted by atomic mass is 9.57. The molecule has 4 heteroatoms. The van der Waals surface area contributed by atoms with Gasteiger partial charge in [-0.1, -0.05) is 67.9 Å². The van der Waals surface area contributed by atoms with E-state index in [1.165, 1.54) is 12.8 Å². The summed E-state index contributed by atoms with van der Waals surface area (Å²) < 4.78 is 6.40. The number of ether oxygens (including phenoxy) is 1. The maximum Gasteiger partial charge on any atom is 0.340 e. The van der Waals surface area contributed by atoms with Gasteiger partial charge in [0, 0.05) is 5.39 Å². The first-order valence-corrected chi connectivity index (χ1v) is 13.5. The van der Waals surface area contributed by atoms with Crippen LogP contribution >= 0.6 is 0 Å². The molecule has 37 heavy (non-hydrogen) atoms. The first-order valence-electron chi connectivity index (χ1n) is 13.5. The Kier molecular flexibility index (Phi) is 4.82. The van der Waals surface area contributed by atoms with Crippen LogP contribution in [0.1, 0.15) is 79.0 Å². The van der Waals surface area contributed by atoms with Gasteiger partial charge < -0.3 is 9.84 Å². The summed E-state index contributed by atoms with van der Waals surface area (Å²) >= 11 is 0. The first kappa shape index (κ1) is 22.5. The molecule has 0 heterocycles. The average molecular weight is 491 g/mol. The van der Waals surface area contributed by atoms with Gasteiger partial charge in [-0.2, -0.15) is 0 Å². The monoisotopic (exact) mass is 490 g/mol. The van der Waals surface area contributed by atoms with Crippen molar-refractivity contribution in [1.29, 1.82) is 0 Å². The van der Waals surface area contributed by atoms with E-state index in [9.17, 15) is 14.7 Å². The molecule has 0 aliphatic heterocycles. The molecular formula is C33H30O4. The Morgan fingerprint density at radius 1 is 0.784 bits per heavy atom.